The fraction of sp³-hybridized carbons (Fsp3) is 0.444. The van der Waals surface area contributed by atoms with Crippen LogP contribution in [0, 0.1) is 24.1 Å². The fourth-order valence-corrected chi connectivity index (χ4v) is 2.02. The first-order chi connectivity index (χ1) is 10.1. The van der Waals surface area contributed by atoms with E-state index in [1.807, 2.05) is 18.2 Å². The number of benzene rings is 1. The predicted molar refractivity (Wildman–Crippen MR) is 84.3 cm³/mol. The van der Waals surface area contributed by atoms with Crippen molar-refractivity contribution in [3.63, 3.8) is 0 Å². The third-order valence-corrected chi connectivity index (χ3v) is 3.43. The van der Waals surface area contributed by atoms with E-state index in [9.17, 15) is 0 Å². The molecule has 0 saturated carbocycles. The topological polar surface area (TPSA) is 18.5 Å². The van der Waals surface area contributed by atoms with Gasteiger partial charge in [-0.05, 0) is 13.8 Å². The Bertz CT molecular complexity index is 505. The molecule has 0 atom stereocenters. The van der Waals surface area contributed by atoms with Crippen molar-refractivity contribution in [3.05, 3.63) is 35.9 Å². The molecule has 0 aliphatic rings. The van der Waals surface area contributed by atoms with E-state index in [0.29, 0.717) is 24.0 Å². The van der Waals surface area contributed by atoms with Crippen molar-refractivity contribution < 1.29 is 14.0 Å². The minimum Gasteiger partial charge on any atom is -0.395 e. The van der Waals surface area contributed by atoms with Gasteiger partial charge in [0.15, 0.2) is 0 Å². The number of hydrogen-bond acceptors (Lipinski definition) is 2. The van der Waals surface area contributed by atoms with E-state index in [0.717, 1.165) is 6.54 Å². The van der Waals surface area contributed by atoms with Crippen molar-refractivity contribution in [1.82, 2.24) is 0 Å². The lowest BCUT2D eigenvalue weighted by Crippen LogP contribution is -2.54. The summed E-state index contributed by atoms with van der Waals surface area (Å²) in [6, 6.07) is 10.7. The van der Waals surface area contributed by atoms with Crippen molar-refractivity contribution in [2.24, 2.45) is 0 Å². The molecule has 0 aromatic heterocycles. The molecular formula is C18H24NO2+. The molecule has 3 nitrogen and oxygen atoms in total. The molecule has 1 aromatic rings. The van der Waals surface area contributed by atoms with E-state index >= 15 is 0 Å². The van der Waals surface area contributed by atoms with Crippen molar-refractivity contribution in [2.75, 3.05) is 13.5 Å². The molecule has 0 N–H and O–H groups in total. The van der Waals surface area contributed by atoms with Crippen LogP contribution in [0.3, 0.4) is 0 Å². The fourth-order valence-electron chi connectivity index (χ4n) is 2.02. The molecule has 0 spiro atoms. The zero-order valence-electron chi connectivity index (χ0n) is 13.3. The van der Waals surface area contributed by atoms with Crippen molar-refractivity contribution >= 4 is 0 Å². The second-order valence-electron chi connectivity index (χ2n) is 5.21. The van der Waals surface area contributed by atoms with Gasteiger partial charge >= 0.3 is 0 Å². The Kier molecular flexibility index (Phi) is 7.23. The Labute approximate surface area is 128 Å². The summed E-state index contributed by atoms with van der Waals surface area (Å²) in [4.78, 5) is 0. The number of ether oxygens (including phenoxy) is 2. The van der Waals surface area contributed by atoms with Gasteiger partial charge in [-0.25, -0.2) is 0 Å². The van der Waals surface area contributed by atoms with E-state index < -0.39 is 0 Å². The normalized spacial score (nSPS) is 10.1. The maximum atomic E-state index is 5.50. The Morgan fingerprint density at radius 1 is 0.952 bits per heavy atom. The zero-order chi connectivity index (χ0) is 15.6. The number of hydrogen-bond donors (Lipinski definition) is 0. The van der Waals surface area contributed by atoms with Gasteiger partial charge in [0.25, 0.3) is 0 Å². The Hall–Kier alpha value is -2.10. The minimum atomic E-state index is 0.322. The third-order valence-electron chi connectivity index (χ3n) is 3.43. The highest BCUT2D eigenvalue weighted by atomic mass is 16.5. The lowest BCUT2D eigenvalue weighted by molar-refractivity contribution is -0.989. The highest BCUT2D eigenvalue weighted by Crippen LogP contribution is 2.20. The molecule has 0 radical (unpaired) electrons. The molecule has 3 heteroatoms. The maximum Gasteiger partial charge on any atom is 0.237 e. The van der Waals surface area contributed by atoms with Gasteiger partial charge in [0.05, 0.1) is 6.04 Å². The molecular weight excluding hydrogens is 262 g/mol. The molecule has 0 amide bonds. The largest absolute Gasteiger partial charge is 0.395 e. The molecule has 0 aliphatic heterocycles. The van der Waals surface area contributed by atoms with Gasteiger partial charge in [0.2, 0.25) is 13.5 Å². The average Bonchev–Trinajstić information content (AvgIpc) is 2.48. The molecule has 0 unspecified atom stereocenters. The summed E-state index contributed by atoms with van der Waals surface area (Å²) in [6.45, 7) is 9.61. The van der Waals surface area contributed by atoms with Crippen LogP contribution in [0.1, 0.15) is 33.3 Å². The highest BCUT2D eigenvalue weighted by molar-refractivity contribution is 5.13. The zero-order valence-corrected chi connectivity index (χ0v) is 13.3. The average molecular weight is 286 g/mol. The lowest BCUT2D eigenvalue weighted by Gasteiger charge is -2.39. The summed E-state index contributed by atoms with van der Waals surface area (Å²) in [5.41, 5.74) is 1.24. The Balaban J connectivity index is 2.95. The lowest BCUT2D eigenvalue weighted by atomic mass is 10.1. The summed E-state index contributed by atoms with van der Waals surface area (Å²) in [7, 11) is 0. The smallest absolute Gasteiger partial charge is 0.237 e. The van der Waals surface area contributed by atoms with Gasteiger partial charge in [-0.3, -0.25) is 4.48 Å². The van der Waals surface area contributed by atoms with Gasteiger partial charge in [0.1, 0.15) is 18.8 Å². The first kappa shape index (κ1) is 17.0. The third kappa shape index (κ3) is 5.42. The first-order valence-corrected chi connectivity index (χ1v) is 7.11. The van der Waals surface area contributed by atoms with Gasteiger partial charge < -0.3 is 9.47 Å². The van der Waals surface area contributed by atoms with E-state index in [4.69, 9.17) is 9.47 Å². The Morgan fingerprint density at radius 2 is 1.48 bits per heavy atom. The maximum absolute atomic E-state index is 5.50. The van der Waals surface area contributed by atoms with Gasteiger partial charge in [-0.15, -0.1) is 0 Å². The van der Waals surface area contributed by atoms with Crippen molar-refractivity contribution in [2.45, 2.75) is 40.3 Å². The summed E-state index contributed by atoms with van der Waals surface area (Å²) in [6.07, 6.45) is 5.35. The van der Waals surface area contributed by atoms with E-state index in [-0.39, 0.29) is 0 Å². The number of quaternary nitrogens is 1. The van der Waals surface area contributed by atoms with Gasteiger partial charge in [-0.2, -0.15) is 0 Å². The predicted octanol–water partition coefficient (Wildman–Crippen LogP) is 3.32. The highest BCUT2D eigenvalue weighted by Gasteiger charge is 2.33. The second-order valence-corrected chi connectivity index (χ2v) is 5.21. The molecule has 1 aromatic carbocycles. The molecule has 0 aliphatic carbocycles. The van der Waals surface area contributed by atoms with E-state index in [1.165, 1.54) is 5.56 Å². The summed E-state index contributed by atoms with van der Waals surface area (Å²) in [5, 5.41) is 0. The standard InChI is InChI=1S/C18H24NO2/c1-5-12-20-15-19(17(3)4,16-21-13-6-2)14-18-10-8-7-9-11-18/h7-11,17H,14-16H2,1-4H3/q+1. The van der Waals surface area contributed by atoms with Crippen LogP contribution in [0.4, 0.5) is 0 Å². The monoisotopic (exact) mass is 286 g/mol. The Morgan fingerprint density at radius 3 is 1.90 bits per heavy atom. The molecule has 0 saturated heterocycles. The minimum absolute atomic E-state index is 0.322. The van der Waals surface area contributed by atoms with Crippen LogP contribution in [0.2, 0.25) is 0 Å². The SMILES string of the molecule is CC#COC[N+](COC#CC)(Cc1ccccc1)C(C)C. The summed E-state index contributed by atoms with van der Waals surface area (Å²) >= 11 is 0. The van der Waals surface area contributed by atoms with Crippen molar-refractivity contribution in [3.8, 4) is 24.1 Å². The summed E-state index contributed by atoms with van der Waals surface area (Å²) < 4.78 is 11.6. The molecule has 1 rings (SSSR count). The van der Waals surface area contributed by atoms with Crippen LogP contribution < -0.4 is 0 Å². The molecule has 0 fully saturated rings. The van der Waals surface area contributed by atoms with Crippen LogP contribution in [0.5, 0.6) is 0 Å². The summed E-state index contributed by atoms with van der Waals surface area (Å²) in [5.74, 6) is 5.52. The molecule has 0 heterocycles. The van der Waals surface area contributed by atoms with Crippen LogP contribution >= 0.6 is 0 Å². The number of nitrogens with zero attached hydrogens (tertiary/aromatic N) is 1. The second kappa shape index (κ2) is 8.95. The molecule has 21 heavy (non-hydrogen) atoms. The van der Waals surface area contributed by atoms with Crippen LogP contribution in [-0.4, -0.2) is 24.0 Å². The van der Waals surface area contributed by atoms with E-state index in [1.54, 1.807) is 13.8 Å². The van der Waals surface area contributed by atoms with Crippen LogP contribution in [0.15, 0.2) is 30.3 Å². The van der Waals surface area contributed by atoms with Gasteiger partial charge in [-0.1, -0.05) is 42.2 Å². The van der Waals surface area contributed by atoms with Crippen LogP contribution in [-0.2, 0) is 16.0 Å². The molecule has 0 bridgehead atoms. The molecule has 112 valence electrons. The van der Waals surface area contributed by atoms with E-state index in [2.05, 4.69) is 50.0 Å². The van der Waals surface area contributed by atoms with Gasteiger partial charge in [0, 0.05) is 19.4 Å². The number of rotatable bonds is 7. The van der Waals surface area contributed by atoms with Crippen LogP contribution in [0.25, 0.3) is 0 Å². The first-order valence-electron chi connectivity index (χ1n) is 7.11. The van der Waals surface area contributed by atoms with Crippen molar-refractivity contribution in [1.29, 1.82) is 0 Å². The quantitative estimate of drug-likeness (QED) is 0.435.